The van der Waals surface area contributed by atoms with Crippen molar-refractivity contribution in [3.05, 3.63) is 38.8 Å². The zero-order valence-electron chi connectivity index (χ0n) is 18.6. The molecule has 2 aromatic rings. The molecule has 0 radical (unpaired) electrons. The lowest BCUT2D eigenvalue weighted by atomic mass is 9.81. The van der Waals surface area contributed by atoms with Crippen molar-refractivity contribution in [1.29, 1.82) is 0 Å². The third-order valence-corrected chi connectivity index (χ3v) is 8.92. The zero-order chi connectivity index (χ0) is 24.0. The van der Waals surface area contributed by atoms with Crippen LogP contribution in [0.5, 0.6) is 0 Å². The number of aryl methyl sites for hydroxylation is 1. The van der Waals surface area contributed by atoms with Crippen LogP contribution in [0.2, 0.25) is 0 Å². The Labute approximate surface area is 195 Å². The summed E-state index contributed by atoms with van der Waals surface area (Å²) in [6.45, 7) is 3.31. The lowest BCUT2D eigenvalue weighted by Gasteiger charge is -2.47. The fourth-order valence-corrected chi connectivity index (χ4v) is 6.80. The van der Waals surface area contributed by atoms with E-state index < -0.39 is 33.1 Å². The molecule has 2 aliphatic heterocycles. The highest BCUT2D eigenvalue weighted by molar-refractivity contribution is 7.90. The van der Waals surface area contributed by atoms with Crippen LogP contribution in [0, 0.1) is 0 Å². The van der Waals surface area contributed by atoms with Gasteiger partial charge in [0, 0.05) is 47.6 Å². The molecule has 1 N–H and O–H groups in total. The van der Waals surface area contributed by atoms with E-state index in [1.165, 1.54) is 6.26 Å². The summed E-state index contributed by atoms with van der Waals surface area (Å²) >= 11 is 0.726. The Hall–Kier alpha value is -1.47. The summed E-state index contributed by atoms with van der Waals surface area (Å²) in [4.78, 5) is 2.15. The summed E-state index contributed by atoms with van der Waals surface area (Å²) in [5.74, 6) is 0.0208. The summed E-state index contributed by atoms with van der Waals surface area (Å²) in [6.07, 6.45) is 1.75. The lowest BCUT2D eigenvalue weighted by Crippen LogP contribution is -2.50. The van der Waals surface area contributed by atoms with Crippen molar-refractivity contribution in [2.75, 3.05) is 25.2 Å². The van der Waals surface area contributed by atoms with Gasteiger partial charge in [-0.15, -0.1) is 11.3 Å². The minimum atomic E-state index is -4.50. The van der Waals surface area contributed by atoms with Gasteiger partial charge in [-0.3, -0.25) is 9.58 Å². The highest BCUT2D eigenvalue weighted by Gasteiger charge is 2.48. The summed E-state index contributed by atoms with van der Waals surface area (Å²) < 4.78 is 71.3. The number of sulfone groups is 1. The first-order valence-electron chi connectivity index (χ1n) is 10.8. The van der Waals surface area contributed by atoms with Crippen molar-refractivity contribution in [3.63, 3.8) is 0 Å². The number of thiophene rings is 1. The van der Waals surface area contributed by atoms with Crippen LogP contribution in [0.25, 0.3) is 0 Å². The van der Waals surface area contributed by atoms with E-state index in [1.807, 2.05) is 13.1 Å². The molecule has 1 spiro atoms. The van der Waals surface area contributed by atoms with Gasteiger partial charge in [0.05, 0.1) is 31.7 Å². The largest absolute Gasteiger partial charge is 0.425 e. The first-order chi connectivity index (χ1) is 15.4. The standard InChI is InChI=1S/C21H28F3N3O4S2/c1-14-9-20(18-16(3-7-31-20)17(13-28)19(32-18)21(22,23)24)4-5-26(14)11-15-10-25-27(12-15)6-8-33(2,29)30/h10,12,14,28H,3-9,11,13H2,1-2H3/t14-,20+/m0/s1. The molecule has 0 amide bonds. The van der Waals surface area contributed by atoms with E-state index in [9.17, 15) is 26.7 Å². The van der Waals surface area contributed by atoms with Gasteiger partial charge in [0.15, 0.2) is 0 Å². The topological polar surface area (TPSA) is 84.7 Å². The minimum absolute atomic E-state index is 0.00163. The van der Waals surface area contributed by atoms with Crippen LogP contribution >= 0.6 is 11.3 Å². The van der Waals surface area contributed by atoms with Crippen molar-refractivity contribution >= 4 is 21.2 Å². The van der Waals surface area contributed by atoms with Crippen molar-refractivity contribution in [2.45, 2.75) is 63.7 Å². The van der Waals surface area contributed by atoms with E-state index in [0.717, 1.165) is 16.9 Å². The van der Waals surface area contributed by atoms with Crippen LogP contribution in [0.4, 0.5) is 13.2 Å². The van der Waals surface area contributed by atoms with Crippen molar-refractivity contribution < 1.29 is 31.4 Å². The molecule has 33 heavy (non-hydrogen) atoms. The van der Waals surface area contributed by atoms with Gasteiger partial charge in [-0.2, -0.15) is 18.3 Å². The van der Waals surface area contributed by atoms with Crippen LogP contribution in [0.15, 0.2) is 12.4 Å². The maximum absolute atomic E-state index is 13.6. The molecule has 1 saturated heterocycles. The molecule has 0 bridgehead atoms. The second-order valence-corrected chi connectivity index (χ2v) is 12.3. The molecule has 184 valence electrons. The number of aliphatic hydroxyl groups is 1. The van der Waals surface area contributed by atoms with Crippen LogP contribution in [-0.2, 0) is 52.5 Å². The van der Waals surface area contributed by atoms with Gasteiger partial charge in [-0.1, -0.05) is 0 Å². The maximum atomic E-state index is 13.6. The number of ether oxygens (including phenoxy) is 1. The average molecular weight is 508 g/mol. The van der Waals surface area contributed by atoms with Crippen molar-refractivity contribution in [1.82, 2.24) is 14.7 Å². The predicted molar refractivity (Wildman–Crippen MR) is 118 cm³/mol. The van der Waals surface area contributed by atoms with Crippen LogP contribution in [0.1, 0.15) is 46.2 Å². The second-order valence-electron chi connectivity index (χ2n) is 8.98. The summed E-state index contributed by atoms with van der Waals surface area (Å²) in [5, 5.41) is 13.9. The molecule has 0 aliphatic carbocycles. The molecule has 12 heteroatoms. The number of aromatic nitrogens is 2. The van der Waals surface area contributed by atoms with Crippen LogP contribution in [-0.4, -0.2) is 59.4 Å². The Kier molecular flexibility index (Phi) is 6.69. The SMILES string of the molecule is C[C@H]1C[C@@]2(CCN1Cc1cnn(CCS(C)(=O)=O)c1)OCCc1c2sc(C(F)(F)F)c1CO. The third-order valence-electron chi connectivity index (χ3n) is 6.49. The molecule has 0 unspecified atom stereocenters. The maximum Gasteiger partial charge on any atom is 0.425 e. The van der Waals surface area contributed by atoms with E-state index in [-0.39, 0.29) is 17.4 Å². The predicted octanol–water partition coefficient (Wildman–Crippen LogP) is 2.95. The van der Waals surface area contributed by atoms with E-state index in [4.69, 9.17) is 4.74 Å². The molecule has 4 heterocycles. The second kappa shape index (κ2) is 8.95. The van der Waals surface area contributed by atoms with E-state index in [0.29, 0.717) is 55.9 Å². The molecule has 2 aliphatic rings. The summed E-state index contributed by atoms with van der Waals surface area (Å²) in [6, 6.07) is 0.0538. The monoisotopic (exact) mass is 507 g/mol. The number of likely N-dealkylation sites (tertiary alicyclic amines) is 1. The Morgan fingerprint density at radius 3 is 2.79 bits per heavy atom. The highest BCUT2D eigenvalue weighted by atomic mass is 32.2. The number of fused-ring (bicyclic) bond motifs is 2. The third kappa shape index (κ3) is 5.14. The number of nitrogens with zero attached hydrogens (tertiary/aromatic N) is 3. The Balaban J connectivity index is 1.49. The summed E-state index contributed by atoms with van der Waals surface area (Å²) in [7, 11) is -3.07. The smallest absolute Gasteiger partial charge is 0.392 e. The first kappa shape index (κ1) is 24.6. The average Bonchev–Trinajstić information content (AvgIpc) is 3.33. The van der Waals surface area contributed by atoms with E-state index >= 15 is 0 Å². The van der Waals surface area contributed by atoms with Gasteiger partial charge >= 0.3 is 6.18 Å². The van der Waals surface area contributed by atoms with Gasteiger partial charge in [0.1, 0.15) is 20.3 Å². The molecule has 0 saturated carbocycles. The first-order valence-corrected chi connectivity index (χ1v) is 13.7. The quantitative estimate of drug-likeness (QED) is 0.647. The fraction of sp³-hybridized carbons (Fsp3) is 0.667. The molecule has 4 rings (SSSR count). The van der Waals surface area contributed by atoms with Crippen LogP contribution < -0.4 is 0 Å². The van der Waals surface area contributed by atoms with Gasteiger partial charge in [-0.05, 0) is 31.7 Å². The van der Waals surface area contributed by atoms with Gasteiger partial charge < -0.3 is 9.84 Å². The minimum Gasteiger partial charge on any atom is -0.392 e. The summed E-state index contributed by atoms with van der Waals surface area (Å²) in [5.41, 5.74) is 0.798. The van der Waals surface area contributed by atoms with Gasteiger partial charge in [0.25, 0.3) is 0 Å². The zero-order valence-corrected chi connectivity index (χ0v) is 20.2. The normalized spacial score (nSPS) is 24.4. The Morgan fingerprint density at radius 2 is 2.15 bits per heavy atom. The van der Waals surface area contributed by atoms with Crippen molar-refractivity contribution in [2.24, 2.45) is 0 Å². The molecule has 0 aromatic carbocycles. The number of piperidine rings is 1. The van der Waals surface area contributed by atoms with Gasteiger partial charge in [-0.25, -0.2) is 8.42 Å². The Bertz CT molecular complexity index is 1110. The molecule has 7 nitrogen and oxygen atoms in total. The van der Waals surface area contributed by atoms with Gasteiger partial charge in [0.2, 0.25) is 0 Å². The van der Waals surface area contributed by atoms with E-state index in [1.54, 1.807) is 10.9 Å². The number of hydrogen-bond acceptors (Lipinski definition) is 7. The van der Waals surface area contributed by atoms with Crippen molar-refractivity contribution in [3.8, 4) is 0 Å². The highest BCUT2D eigenvalue weighted by Crippen LogP contribution is 2.51. The molecule has 2 atom stereocenters. The fourth-order valence-electron chi connectivity index (χ4n) is 4.87. The molecule has 1 fully saturated rings. The number of halogens is 3. The molecular weight excluding hydrogens is 479 g/mol. The number of alkyl halides is 3. The number of rotatable bonds is 6. The van der Waals surface area contributed by atoms with Crippen LogP contribution in [0.3, 0.4) is 0 Å². The number of hydrogen-bond donors (Lipinski definition) is 1. The Morgan fingerprint density at radius 1 is 1.39 bits per heavy atom. The molecular formula is C21H28F3N3O4S2. The lowest BCUT2D eigenvalue weighted by molar-refractivity contribution is -0.135. The molecule has 2 aromatic heterocycles. The number of aliphatic hydroxyl groups excluding tert-OH is 1. The van der Waals surface area contributed by atoms with E-state index in [2.05, 4.69) is 10.00 Å².